The normalized spacial score (nSPS) is 14.8. The van der Waals surface area contributed by atoms with Crippen molar-refractivity contribution in [3.8, 4) is 23.0 Å². The summed E-state index contributed by atoms with van der Waals surface area (Å²) in [5, 5.41) is 3.08. The maximum absolute atomic E-state index is 14.4. The zero-order chi connectivity index (χ0) is 22.5. The van der Waals surface area contributed by atoms with E-state index in [0.29, 0.717) is 52.8 Å². The van der Waals surface area contributed by atoms with E-state index in [2.05, 4.69) is 22.2 Å². The van der Waals surface area contributed by atoms with E-state index in [-0.39, 0.29) is 5.75 Å². The van der Waals surface area contributed by atoms with Crippen molar-refractivity contribution in [2.45, 2.75) is 12.8 Å². The third kappa shape index (κ3) is 4.91. The fourth-order valence-electron chi connectivity index (χ4n) is 3.79. The van der Waals surface area contributed by atoms with Gasteiger partial charge in [0.05, 0.1) is 19.2 Å². The Morgan fingerprint density at radius 3 is 2.66 bits per heavy atom. The molecule has 7 nitrogen and oxygen atoms in total. The number of hydrogen-bond acceptors (Lipinski definition) is 6. The number of amides is 1. The second-order valence-corrected chi connectivity index (χ2v) is 7.90. The summed E-state index contributed by atoms with van der Waals surface area (Å²) < 4.78 is 31.9. The lowest BCUT2D eigenvalue weighted by Gasteiger charge is -2.28. The van der Waals surface area contributed by atoms with Crippen LogP contribution in [-0.2, 0) is 4.79 Å². The van der Waals surface area contributed by atoms with Crippen LogP contribution in [0.15, 0.2) is 42.6 Å². The molecule has 0 atom stereocenters. The van der Waals surface area contributed by atoms with Gasteiger partial charge in [0.15, 0.2) is 23.1 Å². The van der Waals surface area contributed by atoms with Gasteiger partial charge in [0.1, 0.15) is 5.75 Å². The molecule has 1 aliphatic heterocycles. The molecule has 0 radical (unpaired) electrons. The molecule has 1 fully saturated rings. The zero-order valence-electron chi connectivity index (χ0n) is 18.1. The summed E-state index contributed by atoms with van der Waals surface area (Å²) in [6.07, 6.45) is 4.31. The van der Waals surface area contributed by atoms with Crippen molar-refractivity contribution < 1.29 is 23.4 Å². The average molecular weight is 439 g/mol. The second kappa shape index (κ2) is 9.82. The average Bonchev–Trinajstić information content (AvgIpc) is 2.80. The lowest BCUT2D eigenvalue weighted by Crippen LogP contribution is -2.32. The smallest absolute Gasteiger partial charge is 0.211 e. The van der Waals surface area contributed by atoms with Crippen molar-refractivity contribution in [2.24, 2.45) is 5.92 Å². The topological polar surface area (TPSA) is 72.9 Å². The number of halogens is 1. The first-order valence-electron chi connectivity index (χ1n) is 10.5. The van der Waals surface area contributed by atoms with E-state index in [1.165, 1.54) is 12.1 Å². The SMILES string of the molecule is COc1cc2c(Oc3ccc(NC=O)cc3F)ccnc2cc1OCC1CCN(C)CC1. The van der Waals surface area contributed by atoms with E-state index < -0.39 is 5.82 Å². The number of ether oxygens (including phenoxy) is 3. The maximum Gasteiger partial charge on any atom is 0.211 e. The molecule has 1 aromatic heterocycles. The van der Waals surface area contributed by atoms with Gasteiger partial charge in [-0.05, 0) is 63.2 Å². The van der Waals surface area contributed by atoms with Crippen LogP contribution in [0.2, 0.25) is 0 Å². The van der Waals surface area contributed by atoms with Crippen molar-refractivity contribution in [1.82, 2.24) is 9.88 Å². The monoisotopic (exact) mass is 439 g/mol. The van der Waals surface area contributed by atoms with Crippen LogP contribution >= 0.6 is 0 Å². The molecule has 1 saturated heterocycles. The summed E-state index contributed by atoms with van der Waals surface area (Å²) >= 11 is 0. The molecule has 2 heterocycles. The molecule has 0 unspecified atom stereocenters. The number of aromatic nitrogens is 1. The molecule has 3 aromatic rings. The molecule has 2 aromatic carbocycles. The van der Waals surface area contributed by atoms with Gasteiger partial charge in [0.2, 0.25) is 6.41 Å². The van der Waals surface area contributed by atoms with E-state index >= 15 is 0 Å². The zero-order valence-corrected chi connectivity index (χ0v) is 18.1. The molecular weight excluding hydrogens is 413 g/mol. The molecule has 0 saturated carbocycles. The molecule has 168 valence electrons. The van der Waals surface area contributed by atoms with Crippen molar-refractivity contribution in [3.63, 3.8) is 0 Å². The Hall–Kier alpha value is -3.39. The highest BCUT2D eigenvalue weighted by molar-refractivity contribution is 5.88. The molecule has 1 N–H and O–H groups in total. The molecule has 0 spiro atoms. The Morgan fingerprint density at radius 1 is 1.12 bits per heavy atom. The van der Waals surface area contributed by atoms with E-state index in [1.807, 2.05) is 6.07 Å². The number of nitrogens with zero attached hydrogens (tertiary/aromatic N) is 2. The van der Waals surface area contributed by atoms with Crippen LogP contribution in [-0.4, -0.2) is 50.1 Å². The van der Waals surface area contributed by atoms with Crippen molar-refractivity contribution in [2.75, 3.05) is 39.2 Å². The highest BCUT2D eigenvalue weighted by atomic mass is 19.1. The number of likely N-dealkylation sites (tertiary alicyclic amines) is 1. The number of pyridine rings is 1. The highest BCUT2D eigenvalue weighted by Crippen LogP contribution is 2.38. The molecule has 0 aliphatic carbocycles. The fourth-order valence-corrected chi connectivity index (χ4v) is 3.79. The third-order valence-corrected chi connectivity index (χ3v) is 5.68. The lowest BCUT2D eigenvalue weighted by atomic mass is 9.98. The number of benzene rings is 2. The number of fused-ring (bicyclic) bond motifs is 1. The van der Waals surface area contributed by atoms with E-state index in [9.17, 15) is 9.18 Å². The highest BCUT2D eigenvalue weighted by Gasteiger charge is 2.19. The Morgan fingerprint density at radius 2 is 1.94 bits per heavy atom. The predicted molar refractivity (Wildman–Crippen MR) is 120 cm³/mol. The van der Waals surface area contributed by atoms with Crippen LogP contribution in [0.3, 0.4) is 0 Å². The Bertz CT molecular complexity index is 1100. The van der Waals surface area contributed by atoms with Gasteiger partial charge in [-0.1, -0.05) is 0 Å². The predicted octanol–water partition coefficient (Wildman–Crippen LogP) is 4.46. The van der Waals surface area contributed by atoms with Gasteiger partial charge in [-0.3, -0.25) is 9.78 Å². The number of carbonyl (C=O) groups is 1. The third-order valence-electron chi connectivity index (χ3n) is 5.68. The van der Waals surface area contributed by atoms with Crippen LogP contribution in [0.5, 0.6) is 23.0 Å². The molecule has 32 heavy (non-hydrogen) atoms. The van der Waals surface area contributed by atoms with Crippen LogP contribution < -0.4 is 19.5 Å². The fraction of sp³-hybridized carbons (Fsp3) is 0.333. The maximum atomic E-state index is 14.4. The molecule has 4 rings (SSSR count). The summed E-state index contributed by atoms with van der Waals surface area (Å²) in [6, 6.07) is 9.50. The Labute approximate surface area is 186 Å². The van der Waals surface area contributed by atoms with Crippen molar-refractivity contribution >= 4 is 23.0 Å². The van der Waals surface area contributed by atoms with Gasteiger partial charge in [-0.25, -0.2) is 4.39 Å². The van der Waals surface area contributed by atoms with Gasteiger partial charge in [0, 0.05) is 29.4 Å². The largest absolute Gasteiger partial charge is 0.493 e. The van der Waals surface area contributed by atoms with Crippen LogP contribution in [0.25, 0.3) is 10.9 Å². The summed E-state index contributed by atoms with van der Waals surface area (Å²) in [5.74, 6) is 1.58. The van der Waals surface area contributed by atoms with E-state index in [1.54, 1.807) is 31.5 Å². The molecule has 1 aliphatic rings. The number of piperidine rings is 1. The van der Waals surface area contributed by atoms with Gasteiger partial charge in [-0.2, -0.15) is 0 Å². The quantitative estimate of drug-likeness (QED) is 0.523. The number of rotatable bonds is 8. The first-order valence-corrected chi connectivity index (χ1v) is 10.5. The van der Waals surface area contributed by atoms with E-state index in [0.717, 1.165) is 25.9 Å². The number of carbonyl (C=O) groups excluding carboxylic acids is 1. The Kier molecular flexibility index (Phi) is 6.70. The first kappa shape index (κ1) is 21.8. The van der Waals surface area contributed by atoms with Gasteiger partial charge in [0.25, 0.3) is 0 Å². The van der Waals surface area contributed by atoms with Crippen molar-refractivity contribution in [1.29, 1.82) is 0 Å². The minimum atomic E-state index is -0.591. The van der Waals surface area contributed by atoms with Crippen LogP contribution in [0.1, 0.15) is 12.8 Å². The van der Waals surface area contributed by atoms with Crippen LogP contribution in [0, 0.1) is 11.7 Å². The summed E-state index contributed by atoms with van der Waals surface area (Å²) in [5.41, 5.74) is 0.999. The molecule has 0 bridgehead atoms. The standard InChI is InChI=1S/C24H26FN3O4/c1-28-9-6-16(7-10-28)14-31-24-13-20-18(12-23(24)30-2)21(5-8-26-20)32-22-4-3-17(27-15-29)11-19(22)25/h3-5,8,11-13,15-16H,6-7,9-10,14H2,1-2H3,(H,27,29). The summed E-state index contributed by atoms with van der Waals surface area (Å²) in [4.78, 5) is 17.3. The minimum absolute atomic E-state index is 0.0375. The second-order valence-electron chi connectivity index (χ2n) is 7.90. The lowest BCUT2D eigenvalue weighted by molar-refractivity contribution is -0.105. The molecular formula is C24H26FN3O4. The number of nitrogens with one attached hydrogen (secondary N) is 1. The number of anilines is 1. The molecule has 8 heteroatoms. The van der Waals surface area contributed by atoms with Crippen molar-refractivity contribution in [3.05, 3.63) is 48.4 Å². The van der Waals surface area contributed by atoms with E-state index in [4.69, 9.17) is 14.2 Å². The number of methoxy groups -OCH3 is 1. The number of hydrogen-bond donors (Lipinski definition) is 1. The van der Waals surface area contributed by atoms with Gasteiger partial charge < -0.3 is 24.4 Å². The Balaban J connectivity index is 1.57. The first-order chi connectivity index (χ1) is 15.6. The van der Waals surface area contributed by atoms with Crippen LogP contribution in [0.4, 0.5) is 10.1 Å². The van der Waals surface area contributed by atoms with Gasteiger partial charge in [-0.15, -0.1) is 0 Å². The summed E-state index contributed by atoms with van der Waals surface area (Å²) in [7, 11) is 3.72. The minimum Gasteiger partial charge on any atom is -0.493 e. The summed E-state index contributed by atoms with van der Waals surface area (Å²) in [6.45, 7) is 2.78. The van der Waals surface area contributed by atoms with Gasteiger partial charge >= 0.3 is 0 Å². The molecule has 1 amide bonds.